The van der Waals surface area contributed by atoms with Gasteiger partial charge in [0.15, 0.2) is 0 Å². The molecule has 7 nitrogen and oxygen atoms in total. The average Bonchev–Trinajstić information content (AvgIpc) is 3.02. The zero-order valence-corrected chi connectivity index (χ0v) is 16.3. The van der Waals surface area contributed by atoms with Gasteiger partial charge >= 0.3 is 18.7 Å². The summed E-state index contributed by atoms with van der Waals surface area (Å²) in [7, 11) is 0. The smallest absolute Gasteiger partial charge is 0.449 e. The molecule has 14 heteroatoms. The first-order chi connectivity index (χ1) is 14.3. The standard InChI is InChI=1S/C17H8BrF6N3O4/c18-9-3-8(4-11(5-9)31-17(22,23)24)12-7-14(30-15(28)29)26-27(12)10-1-2-25-13(6-10)16(19,20)21/h1-7H,(H,28,29). The number of alkyl halides is 6. The quantitative estimate of drug-likeness (QED) is 0.358. The van der Waals surface area contributed by atoms with Crippen LogP contribution in [0.2, 0.25) is 0 Å². The topological polar surface area (TPSA) is 86.5 Å². The summed E-state index contributed by atoms with van der Waals surface area (Å²) < 4.78 is 86.2. The highest BCUT2D eigenvalue weighted by atomic mass is 79.9. The molecule has 0 aliphatic rings. The number of hydrogen-bond acceptors (Lipinski definition) is 5. The summed E-state index contributed by atoms with van der Waals surface area (Å²) in [6.07, 6.45) is -10.7. The largest absolute Gasteiger partial charge is 0.573 e. The lowest BCUT2D eigenvalue weighted by molar-refractivity contribution is -0.274. The number of carbonyl (C=O) groups is 1. The maximum Gasteiger partial charge on any atom is 0.573 e. The van der Waals surface area contributed by atoms with Crippen LogP contribution in [0.25, 0.3) is 16.9 Å². The fourth-order valence-corrected chi connectivity index (χ4v) is 2.98. The van der Waals surface area contributed by atoms with Gasteiger partial charge in [-0.3, -0.25) is 4.98 Å². The maximum absolute atomic E-state index is 13.0. The van der Waals surface area contributed by atoms with E-state index in [1.807, 2.05) is 0 Å². The Bertz CT molecular complexity index is 1130. The van der Waals surface area contributed by atoms with Crippen molar-refractivity contribution in [3.63, 3.8) is 0 Å². The van der Waals surface area contributed by atoms with Gasteiger partial charge in [0.2, 0.25) is 5.88 Å². The highest BCUT2D eigenvalue weighted by molar-refractivity contribution is 9.10. The van der Waals surface area contributed by atoms with Gasteiger partial charge in [0.25, 0.3) is 0 Å². The van der Waals surface area contributed by atoms with Crippen molar-refractivity contribution in [2.45, 2.75) is 12.5 Å². The second-order valence-corrected chi connectivity index (χ2v) is 6.68. The Labute approximate surface area is 177 Å². The van der Waals surface area contributed by atoms with E-state index < -0.39 is 36.0 Å². The second-order valence-electron chi connectivity index (χ2n) is 5.77. The normalized spacial score (nSPS) is 12.0. The average molecular weight is 512 g/mol. The van der Waals surface area contributed by atoms with Crippen molar-refractivity contribution in [2.24, 2.45) is 0 Å². The van der Waals surface area contributed by atoms with Crippen LogP contribution < -0.4 is 9.47 Å². The Kier molecular flexibility index (Phi) is 5.85. The van der Waals surface area contributed by atoms with Crippen molar-refractivity contribution in [2.75, 3.05) is 0 Å². The number of nitrogens with zero attached hydrogens (tertiary/aromatic N) is 3. The lowest BCUT2D eigenvalue weighted by Crippen LogP contribution is -2.17. The molecule has 2 heterocycles. The number of pyridine rings is 1. The van der Waals surface area contributed by atoms with Crippen molar-refractivity contribution in [1.29, 1.82) is 0 Å². The summed E-state index contributed by atoms with van der Waals surface area (Å²) >= 11 is 3.02. The van der Waals surface area contributed by atoms with Crippen molar-refractivity contribution in [3.05, 3.63) is 52.8 Å². The summed E-state index contributed by atoms with van der Waals surface area (Å²) in [6.45, 7) is 0. The number of ether oxygens (including phenoxy) is 2. The third kappa shape index (κ3) is 5.65. The first-order valence-corrected chi connectivity index (χ1v) is 8.72. The van der Waals surface area contributed by atoms with Crippen LogP contribution in [0.4, 0.5) is 31.1 Å². The number of halogens is 7. The molecule has 0 bridgehead atoms. The molecule has 31 heavy (non-hydrogen) atoms. The summed E-state index contributed by atoms with van der Waals surface area (Å²) in [5.74, 6) is -1.15. The monoisotopic (exact) mass is 511 g/mol. The summed E-state index contributed by atoms with van der Waals surface area (Å²) in [6, 6.07) is 6.09. The molecule has 0 saturated heterocycles. The van der Waals surface area contributed by atoms with Gasteiger partial charge in [-0.2, -0.15) is 13.2 Å². The van der Waals surface area contributed by atoms with E-state index in [1.54, 1.807) is 0 Å². The summed E-state index contributed by atoms with van der Waals surface area (Å²) in [5.41, 5.74) is -1.53. The Morgan fingerprint density at radius 3 is 2.39 bits per heavy atom. The molecule has 0 spiro atoms. The predicted octanol–water partition coefficient (Wildman–Crippen LogP) is 5.67. The molecule has 164 valence electrons. The molecule has 3 aromatic rings. The van der Waals surface area contributed by atoms with E-state index in [2.05, 4.69) is 35.5 Å². The molecular weight excluding hydrogens is 504 g/mol. The molecule has 0 amide bonds. The van der Waals surface area contributed by atoms with Crippen LogP contribution in [0.15, 0.2) is 47.1 Å². The summed E-state index contributed by atoms with van der Waals surface area (Å²) in [5, 5.41) is 12.6. The van der Waals surface area contributed by atoms with Gasteiger partial charge in [-0.25, -0.2) is 9.48 Å². The van der Waals surface area contributed by atoms with Crippen molar-refractivity contribution in [1.82, 2.24) is 14.8 Å². The molecule has 0 fully saturated rings. The van der Waals surface area contributed by atoms with Crippen LogP contribution >= 0.6 is 15.9 Å². The van der Waals surface area contributed by atoms with Crippen LogP contribution in [0.1, 0.15) is 5.69 Å². The van der Waals surface area contributed by atoms with Gasteiger partial charge in [0, 0.05) is 22.3 Å². The SMILES string of the molecule is O=C(O)Oc1cc(-c2cc(Br)cc(OC(F)(F)F)c2)n(-c2ccnc(C(F)(F)F)c2)n1. The number of hydrogen-bond donors (Lipinski definition) is 1. The molecule has 0 saturated carbocycles. The fraction of sp³-hybridized carbons (Fsp3) is 0.118. The highest BCUT2D eigenvalue weighted by Crippen LogP contribution is 2.35. The fourth-order valence-electron chi connectivity index (χ4n) is 2.51. The molecule has 1 aromatic carbocycles. The van der Waals surface area contributed by atoms with Gasteiger partial charge in [-0.05, 0) is 30.3 Å². The predicted molar refractivity (Wildman–Crippen MR) is 94.8 cm³/mol. The second kappa shape index (κ2) is 8.09. The lowest BCUT2D eigenvalue weighted by atomic mass is 10.1. The molecule has 0 atom stereocenters. The van der Waals surface area contributed by atoms with Crippen LogP contribution in [0.3, 0.4) is 0 Å². The minimum absolute atomic E-state index is 0.00624. The third-order valence-corrected chi connectivity index (χ3v) is 4.02. The Morgan fingerprint density at radius 2 is 1.77 bits per heavy atom. The van der Waals surface area contributed by atoms with Crippen LogP contribution in [-0.4, -0.2) is 32.4 Å². The Hall–Kier alpha value is -3.29. The van der Waals surface area contributed by atoms with E-state index in [4.69, 9.17) is 5.11 Å². The Balaban J connectivity index is 2.17. The van der Waals surface area contributed by atoms with Gasteiger partial charge < -0.3 is 14.6 Å². The first kappa shape index (κ1) is 22.4. The van der Waals surface area contributed by atoms with E-state index in [-0.39, 0.29) is 21.4 Å². The van der Waals surface area contributed by atoms with Crippen LogP contribution in [-0.2, 0) is 6.18 Å². The maximum atomic E-state index is 13.0. The van der Waals surface area contributed by atoms with Gasteiger partial charge in [0.1, 0.15) is 11.4 Å². The van der Waals surface area contributed by atoms with E-state index in [0.717, 1.165) is 35.1 Å². The van der Waals surface area contributed by atoms with E-state index >= 15 is 0 Å². The van der Waals surface area contributed by atoms with Crippen molar-refractivity contribution in [3.8, 4) is 28.6 Å². The molecular formula is C17H8BrF6N3O4. The highest BCUT2D eigenvalue weighted by Gasteiger charge is 2.33. The van der Waals surface area contributed by atoms with Gasteiger partial charge in [0.05, 0.1) is 11.4 Å². The number of aromatic nitrogens is 3. The van der Waals surface area contributed by atoms with Crippen LogP contribution in [0.5, 0.6) is 11.6 Å². The zero-order valence-electron chi connectivity index (χ0n) is 14.7. The van der Waals surface area contributed by atoms with Gasteiger partial charge in [-0.15, -0.1) is 18.3 Å². The number of benzene rings is 1. The van der Waals surface area contributed by atoms with Gasteiger partial charge in [-0.1, -0.05) is 15.9 Å². The molecule has 0 radical (unpaired) electrons. The minimum atomic E-state index is -5.00. The molecule has 1 N–H and O–H groups in total. The number of rotatable bonds is 4. The van der Waals surface area contributed by atoms with Crippen molar-refractivity contribution < 1.29 is 45.7 Å². The lowest BCUT2D eigenvalue weighted by Gasteiger charge is -2.13. The molecule has 0 aliphatic heterocycles. The third-order valence-electron chi connectivity index (χ3n) is 3.56. The molecule has 3 rings (SSSR count). The van der Waals surface area contributed by atoms with E-state index in [9.17, 15) is 31.1 Å². The molecule has 0 aliphatic carbocycles. The van der Waals surface area contributed by atoms with Crippen molar-refractivity contribution >= 4 is 22.1 Å². The first-order valence-electron chi connectivity index (χ1n) is 7.93. The Morgan fingerprint density at radius 1 is 1.06 bits per heavy atom. The van der Waals surface area contributed by atoms with E-state index in [0.29, 0.717) is 6.07 Å². The molecule has 0 unspecified atom stereocenters. The summed E-state index contributed by atoms with van der Waals surface area (Å²) in [4.78, 5) is 14.0. The van der Waals surface area contributed by atoms with E-state index in [1.165, 1.54) is 6.07 Å². The number of carboxylic acid groups (broad SMARTS) is 1. The minimum Gasteiger partial charge on any atom is -0.449 e. The molecule has 2 aromatic heterocycles. The van der Waals surface area contributed by atoms with Crippen LogP contribution in [0, 0.1) is 0 Å². The zero-order chi connectivity index (χ0) is 23.0.